The summed E-state index contributed by atoms with van der Waals surface area (Å²) in [5.41, 5.74) is 5.61. The minimum absolute atomic E-state index is 0.784. The van der Waals surface area contributed by atoms with Gasteiger partial charge in [-0.3, -0.25) is 0 Å². The third kappa shape index (κ3) is 5.86. The lowest BCUT2D eigenvalue weighted by Crippen LogP contribution is -2.35. The first-order valence-corrected chi connectivity index (χ1v) is 17.7. The molecule has 1 unspecified atom stereocenters. The monoisotopic (exact) mass is 634 g/mol. The van der Waals surface area contributed by atoms with Crippen LogP contribution in [0.2, 0.25) is 0 Å². The van der Waals surface area contributed by atoms with Crippen LogP contribution in [0.15, 0.2) is 146 Å². The maximum absolute atomic E-state index is 12.9. The highest BCUT2D eigenvalue weighted by molar-refractivity contribution is 6.08. The summed E-state index contributed by atoms with van der Waals surface area (Å²) < 4.78 is 7.26. The Balaban J connectivity index is 0.000000608. The summed E-state index contributed by atoms with van der Waals surface area (Å²) in [5, 5.41) is 15.0. The van der Waals surface area contributed by atoms with Gasteiger partial charge in [0, 0.05) is 33.2 Å². The summed E-state index contributed by atoms with van der Waals surface area (Å²) in [7, 11) is 0. The van der Waals surface area contributed by atoms with E-state index in [-0.39, 0.29) is 0 Å². The van der Waals surface area contributed by atoms with Gasteiger partial charge in [0.1, 0.15) is 11.4 Å². The van der Waals surface area contributed by atoms with Crippen molar-refractivity contribution in [3.63, 3.8) is 0 Å². The summed E-state index contributed by atoms with van der Waals surface area (Å²) in [6, 6.07) is 47.4. The fourth-order valence-electron chi connectivity index (χ4n) is 6.73. The number of rotatable bonds is 3. The van der Waals surface area contributed by atoms with Crippen LogP contribution >= 0.6 is 0 Å². The topological polar surface area (TPSA) is 29.5 Å². The molecule has 1 aliphatic carbocycles. The third-order valence-electron chi connectivity index (χ3n) is 8.50. The third-order valence-corrected chi connectivity index (χ3v) is 8.50. The Morgan fingerprint density at radius 2 is 0.917 bits per heavy atom. The highest BCUT2D eigenvalue weighted by atomic mass is 16.5. The lowest BCUT2D eigenvalue weighted by atomic mass is 9.78. The predicted molar refractivity (Wildman–Crippen MR) is 207 cm³/mol. The summed E-state index contributed by atoms with van der Waals surface area (Å²) in [4.78, 5) is 0. The standard InChI is InChI=1S/C38H26O2.4C2H6/c39-38(28-18-8-3-9-19-28)33-23-13-12-22-31(33)34-29-20-10-11-21-30(29)36-32(35(34)38)24-25-37(40-36,26-14-4-1-5-15-26)27-16-6-2-7-17-27;4*1-2/h1-25,39H;4*1-2H3. The van der Waals surface area contributed by atoms with Gasteiger partial charge in [-0.2, -0.15) is 0 Å². The highest BCUT2D eigenvalue weighted by Gasteiger charge is 2.48. The molecule has 0 fully saturated rings. The van der Waals surface area contributed by atoms with Crippen LogP contribution in [-0.2, 0) is 11.2 Å². The second kappa shape index (κ2) is 16.3. The number of benzene rings is 6. The molecule has 0 aromatic heterocycles. The number of fused-ring (bicyclic) bond motifs is 8. The molecule has 48 heavy (non-hydrogen) atoms. The van der Waals surface area contributed by atoms with Gasteiger partial charge in [-0.25, -0.2) is 0 Å². The van der Waals surface area contributed by atoms with E-state index in [1.165, 1.54) is 0 Å². The molecule has 6 aromatic carbocycles. The molecule has 0 radical (unpaired) electrons. The van der Waals surface area contributed by atoms with Gasteiger partial charge in [0.05, 0.1) is 0 Å². The van der Waals surface area contributed by atoms with Gasteiger partial charge in [-0.1, -0.05) is 201 Å². The summed E-state index contributed by atoms with van der Waals surface area (Å²) in [5.74, 6) is 0.784. The van der Waals surface area contributed by atoms with Crippen molar-refractivity contribution in [2.75, 3.05) is 0 Å². The SMILES string of the molecule is CC.CC.CC.CC.OC1(c2ccccc2)c2ccccc2-c2c1c1c(c3ccccc23)OC(c2ccccc2)(c2ccccc2)C=C1. The van der Waals surface area contributed by atoms with E-state index in [1.54, 1.807) is 0 Å². The summed E-state index contributed by atoms with van der Waals surface area (Å²) in [6.07, 6.45) is 4.33. The van der Waals surface area contributed by atoms with Crippen LogP contribution in [-0.4, -0.2) is 5.11 Å². The molecule has 0 amide bonds. The lowest BCUT2D eigenvalue weighted by Gasteiger charge is -2.38. The Hall–Kier alpha value is -4.92. The van der Waals surface area contributed by atoms with Crippen molar-refractivity contribution in [3.8, 4) is 16.9 Å². The van der Waals surface area contributed by atoms with Crippen molar-refractivity contribution in [1.82, 2.24) is 0 Å². The van der Waals surface area contributed by atoms with Crippen molar-refractivity contribution < 1.29 is 9.84 Å². The molecule has 2 heteroatoms. The van der Waals surface area contributed by atoms with Crippen molar-refractivity contribution in [2.45, 2.75) is 66.6 Å². The molecule has 1 heterocycles. The van der Waals surface area contributed by atoms with Gasteiger partial charge >= 0.3 is 0 Å². The molecule has 6 aromatic rings. The van der Waals surface area contributed by atoms with E-state index in [2.05, 4.69) is 103 Å². The van der Waals surface area contributed by atoms with E-state index in [1.807, 2.05) is 104 Å². The average molecular weight is 635 g/mol. The van der Waals surface area contributed by atoms with Gasteiger partial charge in [-0.05, 0) is 28.2 Å². The zero-order valence-electron chi connectivity index (χ0n) is 29.8. The molecule has 0 saturated carbocycles. The molecule has 2 aliphatic rings. The van der Waals surface area contributed by atoms with Crippen LogP contribution in [0.4, 0.5) is 0 Å². The molecule has 0 saturated heterocycles. The van der Waals surface area contributed by atoms with Crippen LogP contribution in [0, 0.1) is 0 Å². The van der Waals surface area contributed by atoms with E-state index in [0.717, 1.165) is 61.0 Å². The Labute approximate surface area is 288 Å². The summed E-state index contributed by atoms with van der Waals surface area (Å²) >= 11 is 0. The maximum atomic E-state index is 12.9. The highest BCUT2D eigenvalue weighted by Crippen LogP contribution is 2.59. The molecule has 2 nitrogen and oxygen atoms in total. The molecule has 0 bridgehead atoms. The number of hydrogen-bond acceptors (Lipinski definition) is 2. The maximum Gasteiger partial charge on any atom is 0.178 e. The van der Waals surface area contributed by atoms with Crippen molar-refractivity contribution in [2.24, 2.45) is 0 Å². The molecule has 1 N–H and O–H groups in total. The average Bonchev–Trinajstić information content (AvgIpc) is 3.48. The van der Waals surface area contributed by atoms with Crippen LogP contribution < -0.4 is 4.74 Å². The Bertz CT molecular complexity index is 1880. The first kappa shape index (κ1) is 35.9. The normalized spacial score (nSPS) is 15.5. The quantitative estimate of drug-likeness (QED) is 0.210. The van der Waals surface area contributed by atoms with E-state index in [0.29, 0.717) is 0 Å². The Morgan fingerprint density at radius 3 is 1.46 bits per heavy atom. The van der Waals surface area contributed by atoms with Crippen LogP contribution in [0.3, 0.4) is 0 Å². The zero-order chi connectivity index (χ0) is 34.7. The summed E-state index contributed by atoms with van der Waals surface area (Å²) in [6.45, 7) is 16.0. The van der Waals surface area contributed by atoms with E-state index >= 15 is 0 Å². The smallest absolute Gasteiger partial charge is 0.178 e. The minimum Gasteiger partial charge on any atom is -0.472 e. The van der Waals surface area contributed by atoms with E-state index < -0.39 is 11.2 Å². The Morgan fingerprint density at radius 1 is 0.479 bits per heavy atom. The number of aliphatic hydroxyl groups is 1. The van der Waals surface area contributed by atoms with Crippen LogP contribution in [0.1, 0.15) is 88.8 Å². The van der Waals surface area contributed by atoms with Crippen LogP contribution in [0.25, 0.3) is 28.0 Å². The molecule has 1 atom stereocenters. The molecule has 8 rings (SSSR count). The van der Waals surface area contributed by atoms with Crippen molar-refractivity contribution in [1.29, 1.82) is 0 Å². The van der Waals surface area contributed by atoms with Gasteiger partial charge in [0.2, 0.25) is 0 Å². The Kier molecular flexibility index (Phi) is 12.2. The van der Waals surface area contributed by atoms with Gasteiger partial charge in [-0.15, -0.1) is 0 Å². The number of ether oxygens (including phenoxy) is 1. The lowest BCUT2D eigenvalue weighted by molar-refractivity contribution is 0.127. The van der Waals surface area contributed by atoms with Crippen molar-refractivity contribution >= 4 is 16.8 Å². The largest absolute Gasteiger partial charge is 0.472 e. The fraction of sp³-hybridized carbons (Fsp3) is 0.217. The van der Waals surface area contributed by atoms with E-state index in [9.17, 15) is 5.11 Å². The minimum atomic E-state index is -1.32. The van der Waals surface area contributed by atoms with E-state index in [4.69, 9.17) is 4.74 Å². The molecular formula is C46H50O2. The molecule has 0 spiro atoms. The second-order valence-corrected chi connectivity index (χ2v) is 10.6. The number of hydrogen-bond donors (Lipinski definition) is 1. The van der Waals surface area contributed by atoms with Gasteiger partial charge in [0.25, 0.3) is 0 Å². The fourth-order valence-corrected chi connectivity index (χ4v) is 6.73. The zero-order valence-corrected chi connectivity index (χ0v) is 29.8. The van der Waals surface area contributed by atoms with Gasteiger partial charge < -0.3 is 9.84 Å². The van der Waals surface area contributed by atoms with Crippen molar-refractivity contribution in [3.05, 3.63) is 179 Å². The van der Waals surface area contributed by atoms with Gasteiger partial charge in [0.15, 0.2) is 5.60 Å². The van der Waals surface area contributed by atoms with Crippen LogP contribution in [0.5, 0.6) is 5.75 Å². The molecular weight excluding hydrogens is 585 g/mol. The predicted octanol–water partition coefficient (Wildman–Crippen LogP) is 12.6. The second-order valence-electron chi connectivity index (χ2n) is 10.6. The first-order valence-electron chi connectivity index (χ1n) is 17.7. The molecule has 246 valence electrons. The molecule has 1 aliphatic heterocycles. The first-order chi connectivity index (χ1) is 23.7.